The third kappa shape index (κ3) is 2.94. The van der Waals surface area contributed by atoms with Gasteiger partial charge in [0, 0.05) is 6.54 Å². The number of nitrogens with two attached hydrogens (primary N) is 1. The number of ether oxygens (including phenoxy) is 1. The van der Waals surface area contributed by atoms with Crippen molar-refractivity contribution in [3.8, 4) is 5.75 Å². The molecule has 1 aromatic carbocycles. The molecule has 1 fully saturated rings. The first-order valence-electron chi connectivity index (χ1n) is 5.89. The average molecular weight is 271 g/mol. The Balaban J connectivity index is 0.00000162. The molecule has 5 heteroatoms. The van der Waals surface area contributed by atoms with Gasteiger partial charge in [0.15, 0.2) is 0 Å². The van der Waals surface area contributed by atoms with Gasteiger partial charge in [-0.05, 0) is 30.5 Å². The second kappa shape index (κ2) is 6.61. The summed E-state index contributed by atoms with van der Waals surface area (Å²) in [7, 11) is 1.65. The summed E-state index contributed by atoms with van der Waals surface area (Å²) >= 11 is 0. The summed E-state index contributed by atoms with van der Waals surface area (Å²) in [5, 5.41) is 0. The van der Waals surface area contributed by atoms with E-state index in [0.717, 1.165) is 30.7 Å². The molecule has 0 saturated carbocycles. The standard InChI is InChI=1S/C13H18N2O2.ClH/c1-17-11-6-4-10(5-7-11)12-3-2-8-15(12)13(16)9-14;/h4-7,12H,2-3,8-9,14H2,1H3;1H. The van der Waals surface area contributed by atoms with Crippen molar-refractivity contribution in [1.29, 1.82) is 0 Å². The molecule has 18 heavy (non-hydrogen) atoms. The first-order chi connectivity index (χ1) is 8.26. The van der Waals surface area contributed by atoms with E-state index in [0.29, 0.717) is 0 Å². The number of carbonyl (C=O) groups is 1. The van der Waals surface area contributed by atoms with Gasteiger partial charge in [-0.2, -0.15) is 0 Å². The maximum Gasteiger partial charge on any atom is 0.236 e. The first-order valence-corrected chi connectivity index (χ1v) is 5.89. The van der Waals surface area contributed by atoms with E-state index < -0.39 is 0 Å². The normalized spacial score (nSPS) is 18.3. The van der Waals surface area contributed by atoms with Gasteiger partial charge in [-0.25, -0.2) is 0 Å². The molecule has 1 atom stereocenters. The summed E-state index contributed by atoms with van der Waals surface area (Å²) < 4.78 is 5.13. The highest BCUT2D eigenvalue weighted by Crippen LogP contribution is 2.32. The Bertz CT molecular complexity index is 394. The molecule has 1 saturated heterocycles. The fourth-order valence-electron chi connectivity index (χ4n) is 2.36. The summed E-state index contributed by atoms with van der Waals surface area (Å²) in [4.78, 5) is 13.6. The van der Waals surface area contributed by atoms with Crippen LogP contribution in [0.3, 0.4) is 0 Å². The Morgan fingerprint density at radius 3 is 2.67 bits per heavy atom. The first kappa shape index (κ1) is 14.8. The van der Waals surface area contributed by atoms with Gasteiger partial charge in [0.2, 0.25) is 5.91 Å². The zero-order valence-electron chi connectivity index (χ0n) is 10.5. The number of halogens is 1. The largest absolute Gasteiger partial charge is 0.497 e. The fraction of sp³-hybridized carbons (Fsp3) is 0.462. The van der Waals surface area contributed by atoms with E-state index in [4.69, 9.17) is 10.5 Å². The van der Waals surface area contributed by atoms with Gasteiger partial charge in [-0.15, -0.1) is 12.4 Å². The van der Waals surface area contributed by atoms with Crippen molar-refractivity contribution in [2.45, 2.75) is 18.9 Å². The molecular weight excluding hydrogens is 252 g/mol. The number of methoxy groups -OCH3 is 1. The van der Waals surface area contributed by atoms with Crippen LogP contribution in [0.15, 0.2) is 24.3 Å². The molecule has 0 aliphatic carbocycles. The molecule has 1 amide bonds. The molecule has 100 valence electrons. The van der Waals surface area contributed by atoms with E-state index in [1.54, 1.807) is 7.11 Å². The van der Waals surface area contributed by atoms with Crippen LogP contribution in [0.2, 0.25) is 0 Å². The quantitative estimate of drug-likeness (QED) is 0.910. The second-order valence-corrected chi connectivity index (χ2v) is 4.22. The number of amides is 1. The number of carbonyl (C=O) groups excluding carboxylic acids is 1. The molecule has 0 bridgehead atoms. The average Bonchev–Trinajstić information content (AvgIpc) is 2.87. The number of nitrogens with zero attached hydrogens (tertiary/aromatic N) is 1. The van der Waals surface area contributed by atoms with Crippen LogP contribution in [0, 0.1) is 0 Å². The van der Waals surface area contributed by atoms with E-state index in [2.05, 4.69) is 0 Å². The lowest BCUT2D eigenvalue weighted by Gasteiger charge is -2.24. The monoisotopic (exact) mass is 270 g/mol. The molecule has 1 unspecified atom stereocenters. The van der Waals surface area contributed by atoms with Crippen molar-refractivity contribution in [3.63, 3.8) is 0 Å². The molecular formula is C13H19ClN2O2. The molecule has 0 spiro atoms. The van der Waals surface area contributed by atoms with Crippen molar-refractivity contribution < 1.29 is 9.53 Å². The molecule has 2 rings (SSSR count). The number of hydrogen-bond donors (Lipinski definition) is 1. The number of benzene rings is 1. The van der Waals surface area contributed by atoms with Crippen LogP contribution in [0.1, 0.15) is 24.4 Å². The van der Waals surface area contributed by atoms with Gasteiger partial charge in [0.25, 0.3) is 0 Å². The van der Waals surface area contributed by atoms with Crippen LogP contribution in [0.5, 0.6) is 5.75 Å². The predicted octanol–water partition coefficient (Wildman–Crippen LogP) is 1.74. The van der Waals surface area contributed by atoms with Crippen molar-refractivity contribution in [1.82, 2.24) is 4.90 Å². The minimum atomic E-state index is 0. The van der Waals surface area contributed by atoms with Crippen LogP contribution < -0.4 is 10.5 Å². The van der Waals surface area contributed by atoms with E-state index >= 15 is 0 Å². The maximum absolute atomic E-state index is 11.7. The van der Waals surface area contributed by atoms with Crippen molar-refractivity contribution in [2.75, 3.05) is 20.2 Å². The van der Waals surface area contributed by atoms with Gasteiger partial charge < -0.3 is 15.4 Å². The molecule has 1 heterocycles. The smallest absolute Gasteiger partial charge is 0.236 e. The highest BCUT2D eigenvalue weighted by molar-refractivity contribution is 5.85. The van der Waals surface area contributed by atoms with E-state index in [1.807, 2.05) is 29.2 Å². The van der Waals surface area contributed by atoms with Crippen molar-refractivity contribution in [3.05, 3.63) is 29.8 Å². The fourth-order valence-corrected chi connectivity index (χ4v) is 2.36. The Labute approximate surface area is 114 Å². The van der Waals surface area contributed by atoms with E-state index in [1.165, 1.54) is 0 Å². The van der Waals surface area contributed by atoms with Crippen LogP contribution in [-0.2, 0) is 4.79 Å². The molecule has 4 nitrogen and oxygen atoms in total. The third-order valence-corrected chi connectivity index (χ3v) is 3.25. The molecule has 1 aliphatic rings. The van der Waals surface area contributed by atoms with Crippen LogP contribution in [0.4, 0.5) is 0 Å². The van der Waals surface area contributed by atoms with Crippen LogP contribution in [-0.4, -0.2) is 31.0 Å². The highest BCUT2D eigenvalue weighted by atomic mass is 35.5. The topological polar surface area (TPSA) is 55.6 Å². The Hall–Kier alpha value is -1.26. The molecule has 1 aromatic rings. The zero-order valence-corrected chi connectivity index (χ0v) is 11.3. The van der Waals surface area contributed by atoms with E-state index in [9.17, 15) is 4.79 Å². The molecule has 0 radical (unpaired) electrons. The summed E-state index contributed by atoms with van der Waals surface area (Å²) in [5.74, 6) is 0.867. The zero-order chi connectivity index (χ0) is 12.3. The van der Waals surface area contributed by atoms with Gasteiger partial charge >= 0.3 is 0 Å². The lowest BCUT2D eigenvalue weighted by atomic mass is 10.0. The number of hydrogen-bond acceptors (Lipinski definition) is 3. The van der Waals surface area contributed by atoms with Gasteiger partial charge in [-0.3, -0.25) is 4.79 Å². The van der Waals surface area contributed by atoms with Crippen LogP contribution >= 0.6 is 12.4 Å². The molecule has 2 N–H and O–H groups in total. The Morgan fingerprint density at radius 2 is 2.11 bits per heavy atom. The van der Waals surface area contributed by atoms with Gasteiger partial charge in [0.1, 0.15) is 5.75 Å². The van der Waals surface area contributed by atoms with E-state index in [-0.39, 0.29) is 30.9 Å². The minimum absolute atomic E-state index is 0. The second-order valence-electron chi connectivity index (χ2n) is 4.22. The summed E-state index contributed by atoms with van der Waals surface area (Å²) in [6, 6.07) is 8.08. The predicted molar refractivity (Wildman–Crippen MR) is 73.0 cm³/mol. The number of likely N-dealkylation sites (tertiary alicyclic amines) is 1. The van der Waals surface area contributed by atoms with Crippen molar-refractivity contribution >= 4 is 18.3 Å². The third-order valence-electron chi connectivity index (χ3n) is 3.25. The lowest BCUT2D eigenvalue weighted by molar-refractivity contribution is -0.130. The van der Waals surface area contributed by atoms with Gasteiger partial charge in [0.05, 0.1) is 19.7 Å². The summed E-state index contributed by atoms with van der Waals surface area (Å²) in [6.07, 6.45) is 2.06. The minimum Gasteiger partial charge on any atom is -0.497 e. The SMILES string of the molecule is COc1ccc(C2CCCN2C(=O)CN)cc1.Cl. The Kier molecular flexibility index (Phi) is 5.44. The highest BCUT2D eigenvalue weighted by Gasteiger charge is 2.28. The maximum atomic E-state index is 11.7. The van der Waals surface area contributed by atoms with Gasteiger partial charge in [-0.1, -0.05) is 12.1 Å². The summed E-state index contributed by atoms with van der Waals surface area (Å²) in [6.45, 7) is 0.902. The number of rotatable bonds is 3. The Morgan fingerprint density at radius 1 is 1.44 bits per heavy atom. The van der Waals surface area contributed by atoms with Crippen molar-refractivity contribution in [2.24, 2.45) is 5.73 Å². The molecule has 1 aliphatic heterocycles. The van der Waals surface area contributed by atoms with Crippen LogP contribution in [0.25, 0.3) is 0 Å². The molecule has 0 aromatic heterocycles. The summed E-state index contributed by atoms with van der Waals surface area (Å²) in [5.41, 5.74) is 6.58. The lowest BCUT2D eigenvalue weighted by Crippen LogP contribution is -2.35.